The highest BCUT2D eigenvalue weighted by molar-refractivity contribution is 7.89. The molecule has 0 radical (unpaired) electrons. The summed E-state index contributed by atoms with van der Waals surface area (Å²) in [6, 6.07) is 2.91. The van der Waals surface area contributed by atoms with Gasteiger partial charge in [-0.3, -0.25) is 0 Å². The van der Waals surface area contributed by atoms with Gasteiger partial charge in [-0.1, -0.05) is 23.2 Å². The molecular formula is C12H18Cl2N2O3S. The van der Waals surface area contributed by atoms with Crippen molar-refractivity contribution < 1.29 is 13.2 Å². The Balaban J connectivity index is 3.08. The van der Waals surface area contributed by atoms with Gasteiger partial charge in [0.15, 0.2) is 0 Å². The molecule has 1 aromatic carbocycles. The second-order valence-electron chi connectivity index (χ2n) is 4.30. The average Bonchev–Trinajstić information content (AvgIpc) is 2.39. The average molecular weight is 341 g/mol. The Labute approximate surface area is 129 Å². The van der Waals surface area contributed by atoms with Crippen molar-refractivity contribution in [3.63, 3.8) is 0 Å². The number of hydrogen-bond donors (Lipinski definition) is 2. The summed E-state index contributed by atoms with van der Waals surface area (Å²) in [4.78, 5) is 0.0112. The number of rotatable bonds is 7. The molecule has 8 heteroatoms. The molecule has 0 spiro atoms. The molecule has 5 nitrogen and oxygen atoms in total. The van der Waals surface area contributed by atoms with Crippen molar-refractivity contribution in [1.29, 1.82) is 0 Å². The lowest BCUT2D eigenvalue weighted by Crippen LogP contribution is -2.32. The van der Waals surface area contributed by atoms with Crippen LogP contribution in [0.4, 0.5) is 0 Å². The predicted octanol–water partition coefficient (Wildman–Crippen LogP) is 2.03. The van der Waals surface area contributed by atoms with Gasteiger partial charge < -0.3 is 10.1 Å². The zero-order chi connectivity index (χ0) is 15.3. The molecule has 0 bridgehead atoms. The Kier molecular flexibility index (Phi) is 6.71. The SMILES string of the molecule is CNCc1cc(S(=O)(=O)NCC(C)OC)c(Cl)cc1Cl. The molecule has 1 rings (SSSR count). The summed E-state index contributed by atoms with van der Waals surface area (Å²) < 4.78 is 31.9. The number of methoxy groups -OCH3 is 1. The lowest BCUT2D eigenvalue weighted by atomic mass is 10.2. The fourth-order valence-corrected chi connectivity index (χ4v) is 3.47. The van der Waals surface area contributed by atoms with Crippen LogP contribution in [0.15, 0.2) is 17.0 Å². The van der Waals surface area contributed by atoms with Gasteiger partial charge in [0.05, 0.1) is 11.1 Å². The first-order valence-electron chi connectivity index (χ1n) is 5.96. The van der Waals surface area contributed by atoms with Crippen LogP contribution in [0.3, 0.4) is 0 Å². The number of nitrogens with one attached hydrogen (secondary N) is 2. The van der Waals surface area contributed by atoms with Crippen LogP contribution in [0.25, 0.3) is 0 Å². The first kappa shape index (κ1) is 17.7. The molecule has 0 aliphatic carbocycles. The Hall–Kier alpha value is -0.370. The van der Waals surface area contributed by atoms with E-state index in [0.717, 1.165) is 0 Å². The Morgan fingerprint density at radius 3 is 2.50 bits per heavy atom. The van der Waals surface area contributed by atoms with Gasteiger partial charge in [-0.05, 0) is 31.7 Å². The fraction of sp³-hybridized carbons (Fsp3) is 0.500. The largest absolute Gasteiger partial charge is 0.380 e. The summed E-state index contributed by atoms with van der Waals surface area (Å²) >= 11 is 12.0. The molecule has 1 aromatic rings. The minimum absolute atomic E-state index is 0.0112. The minimum atomic E-state index is -3.70. The lowest BCUT2D eigenvalue weighted by Gasteiger charge is -2.14. The molecule has 0 amide bonds. The summed E-state index contributed by atoms with van der Waals surface area (Å²) in [5.41, 5.74) is 0.665. The first-order chi connectivity index (χ1) is 9.31. The van der Waals surface area contributed by atoms with Crippen LogP contribution in [0.2, 0.25) is 10.0 Å². The zero-order valence-electron chi connectivity index (χ0n) is 11.5. The third-order valence-corrected chi connectivity index (χ3v) is 4.96. The van der Waals surface area contributed by atoms with Crippen LogP contribution in [-0.2, 0) is 21.3 Å². The van der Waals surface area contributed by atoms with Crippen LogP contribution >= 0.6 is 23.2 Å². The highest BCUT2D eigenvalue weighted by Gasteiger charge is 2.20. The quantitative estimate of drug-likeness (QED) is 0.796. The van der Waals surface area contributed by atoms with Crippen molar-refractivity contribution in [1.82, 2.24) is 10.0 Å². The van der Waals surface area contributed by atoms with E-state index in [-0.39, 0.29) is 22.6 Å². The predicted molar refractivity (Wildman–Crippen MR) is 80.9 cm³/mol. The van der Waals surface area contributed by atoms with Crippen LogP contribution in [0.1, 0.15) is 12.5 Å². The number of sulfonamides is 1. The Morgan fingerprint density at radius 1 is 1.30 bits per heavy atom. The highest BCUT2D eigenvalue weighted by atomic mass is 35.5. The number of halogens is 2. The Morgan fingerprint density at radius 2 is 1.95 bits per heavy atom. The fourth-order valence-electron chi connectivity index (χ4n) is 1.49. The third kappa shape index (κ3) is 4.58. The summed E-state index contributed by atoms with van der Waals surface area (Å²) in [5, 5.41) is 3.43. The van der Waals surface area contributed by atoms with Crippen LogP contribution in [0, 0.1) is 0 Å². The Bertz CT molecular complexity index is 564. The van der Waals surface area contributed by atoms with E-state index in [1.165, 1.54) is 19.2 Å². The van der Waals surface area contributed by atoms with Gasteiger partial charge in [0.2, 0.25) is 10.0 Å². The van der Waals surface area contributed by atoms with Crippen molar-refractivity contribution in [3.05, 3.63) is 27.7 Å². The minimum Gasteiger partial charge on any atom is -0.380 e. The first-order valence-corrected chi connectivity index (χ1v) is 8.20. The molecule has 114 valence electrons. The van der Waals surface area contributed by atoms with Crippen molar-refractivity contribution in [2.24, 2.45) is 0 Å². The van der Waals surface area contributed by atoms with E-state index in [1.807, 2.05) is 0 Å². The normalized spacial score (nSPS) is 13.4. The molecular weight excluding hydrogens is 323 g/mol. The zero-order valence-corrected chi connectivity index (χ0v) is 13.9. The maximum absolute atomic E-state index is 12.2. The van der Waals surface area contributed by atoms with Gasteiger partial charge in [-0.2, -0.15) is 0 Å². The van der Waals surface area contributed by atoms with Crippen molar-refractivity contribution >= 4 is 33.2 Å². The van der Waals surface area contributed by atoms with Crippen LogP contribution in [0.5, 0.6) is 0 Å². The van der Waals surface area contributed by atoms with E-state index in [9.17, 15) is 8.42 Å². The maximum Gasteiger partial charge on any atom is 0.242 e. The monoisotopic (exact) mass is 340 g/mol. The van der Waals surface area contributed by atoms with Gasteiger partial charge in [-0.15, -0.1) is 0 Å². The smallest absolute Gasteiger partial charge is 0.242 e. The molecule has 0 aliphatic heterocycles. The van der Waals surface area contributed by atoms with E-state index in [0.29, 0.717) is 17.1 Å². The van der Waals surface area contributed by atoms with E-state index in [2.05, 4.69) is 10.0 Å². The van der Waals surface area contributed by atoms with Crippen molar-refractivity contribution in [2.45, 2.75) is 24.5 Å². The molecule has 0 heterocycles. The molecule has 0 saturated carbocycles. The lowest BCUT2D eigenvalue weighted by molar-refractivity contribution is 0.122. The van der Waals surface area contributed by atoms with Gasteiger partial charge in [0.1, 0.15) is 4.90 Å². The van der Waals surface area contributed by atoms with Crippen LogP contribution in [-0.4, -0.2) is 35.2 Å². The van der Waals surface area contributed by atoms with E-state index >= 15 is 0 Å². The summed E-state index contributed by atoms with van der Waals surface area (Å²) in [5.74, 6) is 0. The van der Waals surface area contributed by atoms with Crippen LogP contribution < -0.4 is 10.0 Å². The molecule has 0 aliphatic rings. The summed E-state index contributed by atoms with van der Waals surface area (Å²) in [6.07, 6.45) is -0.229. The molecule has 1 atom stereocenters. The van der Waals surface area contributed by atoms with Gasteiger partial charge in [0.25, 0.3) is 0 Å². The second-order valence-corrected chi connectivity index (χ2v) is 6.85. The number of hydrogen-bond acceptors (Lipinski definition) is 4. The topological polar surface area (TPSA) is 67.4 Å². The third-order valence-electron chi connectivity index (χ3n) is 2.72. The number of benzene rings is 1. The highest BCUT2D eigenvalue weighted by Crippen LogP contribution is 2.28. The van der Waals surface area contributed by atoms with Gasteiger partial charge in [-0.25, -0.2) is 13.1 Å². The maximum atomic E-state index is 12.2. The van der Waals surface area contributed by atoms with Crippen molar-refractivity contribution in [3.8, 4) is 0 Å². The summed E-state index contributed by atoms with van der Waals surface area (Å²) in [6.45, 7) is 2.38. The van der Waals surface area contributed by atoms with E-state index < -0.39 is 10.0 Å². The molecule has 1 unspecified atom stereocenters. The molecule has 0 fully saturated rings. The number of ether oxygens (including phenoxy) is 1. The molecule has 20 heavy (non-hydrogen) atoms. The van der Waals surface area contributed by atoms with E-state index in [4.69, 9.17) is 27.9 Å². The second kappa shape index (κ2) is 7.59. The van der Waals surface area contributed by atoms with Gasteiger partial charge in [0, 0.05) is 25.2 Å². The van der Waals surface area contributed by atoms with Gasteiger partial charge >= 0.3 is 0 Å². The molecule has 0 saturated heterocycles. The van der Waals surface area contributed by atoms with E-state index in [1.54, 1.807) is 14.0 Å². The molecule has 0 aromatic heterocycles. The van der Waals surface area contributed by atoms with Crippen molar-refractivity contribution in [2.75, 3.05) is 20.7 Å². The standard InChI is InChI=1S/C12H18Cl2N2O3S/c1-8(19-3)6-16-20(17,18)12-4-9(7-15-2)10(13)5-11(12)14/h4-5,8,15-16H,6-7H2,1-3H3. The summed E-state index contributed by atoms with van der Waals surface area (Å²) in [7, 11) is -0.441. The molecule has 2 N–H and O–H groups in total.